The number of aliphatic hydroxyl groups excluding tert-OH is 3. The molecule has 0 aliphatic heterocycles. The second-order valence-electron chi connectivity index (χ2n) is 4.37. The topological polar surface area (TPSA) is 127 Å². The summed E-state index contributed by atoms with van der Waals surface area (Å²) in [6.07, 6.45) is -1.45. The molecule has 0 aromatic heterocycles. The van der Waals surface area contributed by atoms with Crippen molar-refractivity contribution in [1.29, 1.82) is 0 Å². The van der Waals surface area contributed by atoms with Crippen molar-refractivity contribution in [3.05, 3.63) is 23.8 Å². The summed E-state index contributed by atoms with van der Waals surface area (Å²) in [7, 11) is 1.32. The van der Waals surface area contributed by atoms with Gasteiger partial charge in [-0.05, 0) is 17.7 Å². The van der Waals surface area contributed by atoms with Crippen LogP contribution in [0.15, 0.2) is 18.2 Å². The predicted molar refractivity (Wildman–Crippen MR) is 68.4 cm³/mol. The molecule has 1 aromatic carbocycles. The molecule has 0 amide bonds. The summed E-state index contributed by atoms with van der Waals surface area (Å²) < 4.78 is 4.88. The number of methoxy groups -OCH3 is 1. The Morgan fingerprint density at radius 3 is 2.35 bits per heavy atom. The third-order valence-corrected chi connectivity index (χ3v) is 3.15. The molecule has 0 radical (unpaired) electrons. The number of aliphatic hydroxyl groups is 3. The van der Waals surface area contributed by atoms with Gasteiger partial charge in [0, 0.05) is 19.1 Å². The van der Waals surface area contributed by atoms with E-state index in [0.717, 1.165) is 0 Å². The van der Waals surface area contributed by atoms with Gasteiger partial charge in [-0.3, -0.25) is 4.79 Å². The van der Waals surface area contributed by atoms with Crippen LogP contribution in [0.1, 0.15) is 11.7 Å². The number of phenols is 1. The van der Waals surface area contributed by atoms with Gasteiger partial charge < -0.3 is 30.3 Å². The van der Waals surface area contributed by atoms with Gasteiger partial charge in [0.1, 0.15) is 0 Å². The van der Waals surface area contributed by atoms with E-state index in [2.05, 4.69) is 0 Å². The summed E-state index contributed by atoms with van der Waals surface area (Å²) in [5.41, 5.74) is 0.207. The number of carbonyl (C=O) groups is 1. The fraction of sp³-hybridized carbons (Fsp3) is 0.462. The van der Waals surface area contributed by atoms with Gasteiger partial charge in [-0.2, -0.15) is 0 Å². The largest absolute Gasteiger partial charge is 0.504 e. The first-order chi connectivity index (χ1) is 9.46. The summed E-state index contributed by atoms with van der Waals surface area (Å²) >= 11 is 0. The van der Waals surface area contributed by atoms with Crippen LogP contribution in [0.2, 0.25) is 0 Å². The van der Waals surface area contributed by atoms with E-state index in [4.69, 9.17) is 20.1 Å². The molecule has 0 fully saturated rings. The SMILES string of the molecule is COc1cc([C@@H](O)[C@H](C(=O)O)C(CO)CO)ccc1O. The Hall–Kier alpha value is -1.83. The second kappa shape index (κ2) is 7.09. The highest BCUT2D eigenvalue weighted by Crippen LogP contribution is 2.34. The standard InChI is InChI=1S/C13H18O7/c1-20-10-4-7(2-3-9(10)16)12(17)11(13(18)19)8(5-14)6-15/h2-4,8,11-12,14-17H,5-6H2,1H3,(H,18,19)/t11-,12-/m1/s1. The molecule has 0 aliphatic rings. The molecular formula is C13H18O7. The minimum atomic E-state index is -1.45. The molecule has 0 saturated carbocycles. The Morgan fingerprint density at radius 2 is 1.90 bits per heavy atom. The maximum absolute atomic E-state index is 11.2. The molecule has 0 spiro atoms. The van der Waals surface area contributed by atoms with Crippen molar-refractivity contribution in [2.45, 2.75) is 6.10 Å². The highest BCUT2D eigenvalue weighted by molar-refractivity contribution is 5.71. The number of phenolic OH excluding ortho intramolecular Hbond substituents is 1. The van der Waals surface area contributed by atoms with E-state index in [1.54, 1.807) is 0 Å². The van der Waals surface area contributed by atoms with Crippen LogP contribution in [0, 0.1) is 11.8 Å². The maximum atomic E-state index is 11.2. The van der Waals surface area contributed by atoms with Crippen LogP contribution >= 0.6 is 0 Å². The fourth-order valence-electron chi connectivity index (χ4n) is 1.96. The zero-order valence-corrected chi connectivity index (χ0v) is 10.9. The summed E-state index contributed by atoms with van der Waals surface area (Å²) in [5, 5.41) is 46.9. The monoisotopic (exact) mass is 286 g/mol. The molecule has 0 heterocycles. The van der Waals surface area contributed by atoms with Crippen molar-refractivity contribution in [1.82, 2.24) is 0 Å². The van der Waals surface area contributed by atoms with E-state index < -0.39 is 37.1 Å². The zero-order valence-electron chi connectivity index (χ0n) is 10.9. The average Bonchev–Trinajstić information content (AvgIpc) is 2.44. The number of hydrogen-bond donors (Lipinski definition) is 5. The molecule has 112 valence electrons. The third-order valence-electron chi connectivity index (χ3n) is 3.15. The van der Waals surface area contributed by atoms with Crippen molar-refractivity contribution in [3.8, 4) is 11.5 Å². The van der Waals surface area contributed by atoms with Gasteiger partial charge in [-0.25, -0.2) is 0 Å². The van der Waals surface area contributed by atoms with Crippen LogP contribution in [0.5, 0.6) is 11.5 Å². The minimum Gasteiger partial charge on any atom is -0.504 e. The number of carboxylic acids is 1. The quantitative estimate of drug-likeness (QED) is 0.467. The molecule has 0 saturated heterocycles. The Kier molecular flexibility index (Phi) is 5.75. The van der Waals surface area contributed by atoms with Gasteiger partial charge in [0.2, 0.25) is 0 Å². The highest BCUT2D eigenvalue weighted by atomic mass is 16.5. The van der Waals surface area contributed by atoms with E-state index in [1.165, 1.54) is 25.3 Å². The van der Waals surface area contributed by atoms with Crippen LogP contribution < -0.4 is 4.74 Å². The summed E-state index contributed by atoms with van der Waals surface area (Å²) in [6.45, 7) is -1.14. The third kappa shape index (κ3) is 3.38. The molecule has 0 aliphatic carbocycles. The number of rotatable bonds is 7. The van der Waals surface area contributed by atoms with Crippen LogP contribution in [0.3, 0.4) is 0 Å². The Morgan fingerprint density at radius 1 is 1.30 bits per heavy atom. The lowest BCUT2D eigenvalue weighted by Gasteiger charge is -2.25. The molecular weight excluding hydrogens is 268 g/mol. The molecule has 2 atom stereocenters. The number of ether oxygens (including phenoxy) is 1. The molecule has 5 N–H and O–H groups in total. The van der Waals surface area contributed by atoms with E-state index in [1.807, 2.05) is 0 Å². The van der Waals surface area contributed by atoms with Crippen LogP contribution in [-0.4, -0.2) is 51.8 Å². The number of aliphatic carboxylic acids is 1. The number of carboxylic acid groups (broad SMARTS) is 1. The highest BCUT2D eigenvalue weighted by Gasteiger charge is 2.35. The normalized spacial score (nSPS) is 14.1. The van der Waals surface area contributed by atoms with Crippen LogP contribution in [0.25, 0.3) is 0 Å². The van der Waals surface area contributed by atoms with Crippen molar-refractivity contribution in [3.63, 3.8) is 0 Å². The molecule has 1 rings (SSSR count). The first-order valence-corrected chi connectivity index (χ1v) is 5.95. The van der Waals surface area contributed by atoms with Crippen LogP contribution in [-0.2, 0) is 4.79 Å². The smallest absolute Gasteiger partial charge is 0.309 e. The second-order valence-corrected chi connectivity index (χ2v) is 4.37. The zero-order chi connectivity index (χ0) is 15.3. The van der Waals surface area contributed by atoms with E-state index in [9.17, 15) is 15.0 Å². The lowest BCUT2D eigenvalue weighted by Crippen LogP contribution is -2.34. The van der Waals surface area contributed by atoms with E-state index in [-0.39, 0.29) is 17.1 Å². The maximum Gasteiger partial charge on any atom is 0.309 e. The van der Waals surface area contributed by atoms with Crippen molar-refractivity contribution >= 4 is 5.97 Å². The first kappa shape index (κ1) is 16.2. The number of aromatic hydroxyl groups is 1. The summed E-state index contributed by atoms with van der Waals surface area (Å²) in [6, 6.07) is 3.93. The molecule has 0 unspecified atom stereocenters. The fourth-order valence-corrected chi connectivity index (χ4v) is 1.96. The summed E-state index contributed by atoms with van der Waals surface area (Å²) in [5.74, 6) is -3.76. The summed E-state index contributed by atoms with van der Waals surface area (Å²) in [4.78, 5) is 11.2. The molecule has 7 heteroatoms. The van der Waals surface area contributed by atoms with Gasteiger partial charge in [0.25, 0.3) is 0 Å². The van der Waals surface area contributed by atoms with Crippen LogP contribution in [0.4, 0.5) is 0 Å². The predicted octanol–water partition coefficient (Wildman–Crippen LogP) is -0.264. The Balaban J connectivity index is 3.12. The molecule has 0 bridgehead atoms. The van der Waals surface area contributed by atoms with Crippen molar-refractivity contribution in [2.75, 3.05) is 20.3 Å². The van der Waals surface area contributed by atoms with Gasteiger partial charge in [0.15, 0.2) is 11.5 Å². The molecule has 20 heavy (non-hydrogen) atoms. The molecule has 7 nitrogen and oxygen atoms in total. The minimum absolute atomic E-state index is 0.0928. The Bertz CT molecular complexity index is 456. The Labute approximate surface area is 115 Å². The lowest BCUT2D eigenvalue weighted by atomic mass is 9.85. The molecule has 1 aromatic rings. The van der Waals surface area contributed by atoms with Gasteiger partial charge in [0.05, 0.1) is 19.1 Å². The van der Waals surface area contributed by atoms with Crippen molar-refractivity contribution < 1.29 is 35.1 Å². The number of hydrogen-bond acceptors (Lipinski definition) is 6. The van der Waals surface area contributed by atoms with E-state index in [0.29, 0.717) is 0 Å². The first-order valence-electron chi connectivity index (χ1n) is 5.95. The van der Waals surface area contributed by atoms with Gasteiger partial charge in [-0.1, -0.05) is 6.07 Å². The average molecular weight is 286 g/mol. The number of benzene rings is 1. The van der Waals surface area contributed by atoms with E-state index >= 15 is 0 Å². The van der Waals surface area contributed by atoms with Crippen molar-refractivity contribution in [2.24, 2.45) is 11.8 Å². The lowest BCUT2D eigenvalue weighted by molar-refractivity contribution is -0.151. The van der Waals surface area contributed by atoms with Gasteiger partial charge in [-0.15, -0.1) is 0 Å². The van der Waals surface area contributed by atoms with Gasteiger partial charge >= 0.3 is 5.97 Å².